The molecular weight excluding hydrogens is 324 g/mol. The molecule has 4 saturated carbocycles. The van der Waals surface area contributed by atoms with E-state index >= 15 is 0 Å². The van der Waals surface area contributed by atoms with Crippen LogP contribution in [0, 0.1) is 23.2 Å². The van der Waals surface area contributed by atoms with Crippen molar-refractivity contribution in [2.24, 2.45) is 23.2 Å². The number of methoxy groups -OCH3 is 1. The van der Waals surface area contributed by atoms with Gasteiger partial charge in [-0.3, -0.25) is 0 Å². The maximum atomic E-state index is 5.55. The number of ether oxygens (including phenoxy) is 1. The molecule has 0 atom stereocenters. The van der Waals surface area contributed by atoms with Crippen molar-refractivity contribution >= 4 is 15.9 Å². The van der Waals surface area contributed by atoms with Gasteiger partial charge in [0.15, 0.2) is 0 Å². The predicted molar refractivity (Wildman–Crippen MR) is 89.6 cm³/mol. The summed E-state index contributed by atoms with van der Waals surface area (Å²) in [5.74, 6) is 4.23. The van der Waals surface area contributed by atoms with E-state index in [-0.39, 0.29) is 0 Å². The van der Waals surface area contributed by atoms with Crippen molar-refractivity contribution < 1.29 is 4.74 Å². The van der Waals surface area contributed by atoms with Crippen molar-refractivity contribution in [3.63, 3.8) is 0 Å². The van der Waals surface area contributed by atoms with Crippen LogP contribution in [0.3, 0.4) is 0 Å². The highest BCUT2D eigenvalue weighted by atomic mass is 79.9. The second kappa shape index (κ2) is 5.30. The first kappa shape index (κ1) is 14.1. The van der Waals surface area contributed by atoms with Gasteiger partial charge in [0, 0.05) is 4.47 Å². The molecule has 1 aromatic carbocycles. The molecular formula is C19H25BrO. The van der Waals surface area contributed by atoms with E-state index in [1.807, 2.05) is 0 Å². The minimum absolute atomic E-state index is 0.669. The molecule has 114 valence electrons. The third-order valence-electron chi connectivity index (χ3n) is 6.33. The largest absolute Gasteiger partial charge is 0.496 e. The summed E-state index contributed by atoms with van der Waals surface area (Å²) in [6, 6.07) is 6.42. The first-order valence-corrected chi connectivity index (χ1v) is 9.27. The van der Waals surface area contributed by atoms with Crippen LogP contribution in [-0.4, -0.2) is 7.11 Å². The van der Waals surface area contributed by atoms with Crippen molar-refractivity contribution in [2.45, 2.75) is 51.4 Å². The van der Waals surface area contributed by atoms with Crippen LogP contribution in [0.5, 0.6) is 5.75 Å². The predicted octanol–water partition coefficient (Wildman–Crippen LogP) is 5.61. The summed E-state index contributed by atoms with van der Waals surface area (Å²) in [5.41, 5.74) is 2.05. The zero-order valence-corrected chi connectivity index (χ0v) is 14.5. The minimum Gasteiger partial charge on any atom is -0.496 e. The van der Waals surface area contributed by atoms with Gasteiger partial charge in [-0.2, -0.15) is 0 Å². The Morgan fingerprint density at radius 1 is 1.10 bits per heavy atom. The third-order valence-corrected chi connectivity index (χ3v) is 6.83. The molecule has 0 spiro atoms. The van der Waals surface area contributed by atoms with Gasteiger partial charge < -0.3 is 4.74 Å². The molecule has 5 rings (SSSR count). The topological polar surface area (TPSA) is 9.23 Å². The van der Waals surface area contributed by atoms with Gasteiger partial charge in [-0.25, -0.2) is 0 Å². The van der Waals surface area contributed by atoms with Gasteiger partial charge in [0.25, 0.3) is 0 Å². The molecule has 0 aliphatic heterocycles. The van der Waals surface area contributed by atoms with Gasteiger partial charge in [-0.15, -0.1) is 0 Å². The Bertz CT molecular complexity index is 501. The van der Waals surface area contributed by atoms with E-state index < -0.39 is 0 Å². The van der Waals surface area contributed by atoms with Crippen LogP contribution in [0.25, 0.3) is 0 Å². The molecule has 4 bridgehead atoms. The average molecular weight is 349 g/mol. The number of halogens is 1. The maximum absolute atomic E-state index is 5.55. The summed E-state index contributed by atoms with van der Waals surface area (Å²) in [5, 5.41) is 0. The van der Waals surface area contributed by atoms with Crippen molar-refractivity contribution in [3.8, 4) is 5.75 Å². The van der Waals surface area contributed by atoms with Crippen molar-refractivity contribution in [2.75, 3.05) is 7.11 Å². The van der Waals surface area contributed by atoms with E-state index in [1.54, 1.807) is 26.4 Å². The Hall–Kier alpha value is -0.500. The lowest BCUT2D eigenvalue weighted by molar-refractivity contribution is -0.0570. The Morgan fingerprint density at radius 2 is 1.71 bits per heavy atom. The lowest BCUT2D eigenvalue weighted by atomic mass is 9.48. The van der Waals surface area contributed by atoms with Gasteiger partial charge in [0.1, 0.15) is 5.75 Å². The van der Waals surface area contributed by atoms with E-state index in [0.29, 0.717) is 5.41 Å². The molecule has 0 aromatic heterocycles. The smallest absolute Gasteiger partial charge is 0.122 e. The van der Waals surface area contributed by atoms with E-state index in [2.05, 4.69) is 34.1 Å². The normalized spacial score (nSPS) is 37.0. The van der Waals surface area contributed by atoms with Gasteiger partial charge in [-0.05, 0) is 98.3 Å². The summed E-state index contributed by atoms with van der Waals surface area (Å²) in [6.07, 6.45) is 11.7. The lowest BCUT2D eigenvalue weighted by Crippen LogP contribution is -2.46. The van der Waals surface area contributed by atoms with Crippen LogP contribution in [0.2, 0.25) is 0 Å². The zero-order chi connectivity index (χ0) is 14.4. The highest BCUT2D eigenvalue weighted by Crippen LogP contribution is 2.61. The molecule has 0 heterocycles. The molecule has 0 radical (unpaired) electrons. The molecule has 0 unspecified atom stereocenters. The Balaban J connectivity index is 1.51. The van der Waals surface area contributed by atoms with Crippen LogP contribution < -0.4 is 4.74 Å². The van der Waals surface area contributed by atoms with E-state index in [1.165, 1.54) is 42.1 Å². The second-order valence-corrected chi connectivity index (χ2v) is 8.79. The standard InChI is InChI=1S/C19H25BrO/c1-21-18-3-2-17(20)9-16(18)4-5-19-10-13-6-14(11-19)8-15(7-13)12-19/h2-3,9,13-15H,4-8,10-12H2,1H3. The number of hydrogen-bond donors (Lipinski definition) is 0. The highest BCUT2D eigenvalue weighted by molar-refractivity contribution is 9.10. The molecule has 4 aliphatic rings. The molecule has 4 fully saturated rings. The van der Waals surface area contributed by atoms with Crippen LogP contribution in [0.15, 0.2) is 22.7 Å². The Kier molecular flexibility index (Phi) is 3.56. The van der Waals surface area contributed by atoms with Gasteiger partial charge in [-0.1, -0.05) is 15.9 Å². The number of rotatable bonds is 4. The third kappa shape index (κ3) is 2.65. The molecule has 21 heavy (non-hydrogen) atoms. The molecule has 0 amide bonds. The van der Waals surface area contributed by atoms with Crippen LogP contribution >= 0.6 is 15.9 Å². The summed E-state index contributed by atoms with van der Waals surface area (Å²) >= 11 is 3.60. The van der Waals surface area contributed by atoms with Crippen LogP contribution in [0.4, 0.5) is 0 Å². The Morgan fingerprint density at radius 3 is 2.29 bits per heavy atom. The molecule has 4 aliphatic carbocycles. The van der Waals surface area contributed by atoms with Gasteiger partial charge in [0.2, 0.25) is 0 Å². The lowest BCUT2D eigenvalue weighted by Gasteiger charge is -2.57. The summed E-state index contributed by atoms with van der Waals surface area (Å²) < 4.78 is 6.72. The number of hydrogen-bond acceptors (Lipinski definition) is 1. The quantitative estimate of drug-likeness (QED) is 0.687. The van der Waals surface area contributed by atoms with E-state index in [0.717, 1.165) is 23.5 Å². The van der Waals surface area contributed by atoms with E-state index in [4.69, 9.17) is 4.74 Å². The molecule has 2 heteroatoms. The fourth-order valence-corrected chi connectivity index (χ4v) is 6.35. The van der Waals surface area contributed by atoms with Crippen molar-refractivity contribution in [3.05, 3.63) is 28.2 Å². The Labute approximate surface area is 136 Å². The molecule has 0 saturated heterocycles. The average Bonchev–Trinajstić information content (AvgIpc) is 2.44. The SMILES string of the molecule is COc1ccc(Br)cc1CCC12CC3CC(CC(C3)C1)C2. The molecule has 1 nitrogen and oxygen atoms in total. The fraction of sp³-hybridized carbons (Fsp3) is 0.684. The maximum Gasteiger partial charge on any atom is 0.122 e. The molecule has 0 N–H and O–H groups in total. The van der Waals surface area contributed by atoms with E-state index in [9.17, 15) is 0 Å². The highest BCUT2D eigenvalue weighted by Gasteiger charge is 2.50. The summed E-state index contributed by atoms with van der Waals surface area (Å²) in [7, 11) is 1.79. The first-order valence-electron chi connectivity index (χ1n) is 8.48. The monoisotopic (exact) mass is 348 g/mol. The number of benzene rings is 1. The fourth-order valence-electron chi connectivity index (χ4n) is 5.94. The van der Waals surface area contributed by atoms with Gasteiger partial charge >= 0.3 is 0 Å². The second-order valence-electron chi connectivity index (χ2n) is 7.87. The van der Waals surface area contributed by atoms with Crippen LogP contribution in [0.1, 0.15) is 50.5 Å². The molecule has 1 aromatic rings. The summed E-state index contributed by atoms with van der Waals surface area (Å²) in [6.45, 7) is 0. The van der Waals surface area contributed by atoms with Gasteiger partial charge in [0.05, 0.1) is 7.11 Å². The van der Waals surface area contributed by atoms with Crippen molar-refractivity contribution in [1.29, 1.82) is 0 Å². The summed E-state index contributed by atoms with van der Waals surface area (Å²) in [4.78, 5) is 0. The minimum atomic E-state index is 0.669. The van der Waals surface area contributed by atoms with Crippen molar-refractivity contribution in [1.82, 2.24) is 0 Å². The van der Waals surface area contributed by atoms with Crippen LogP contribution in [-0.2, 0) is 6.42 Å². The zero-order valence-electron chi connectivity index (χ0n) is 12.9. The number of aryl methyl sites for hydroxylation is 1. The first-order chi connectivity index (χ1) is 10.2.